The van der Waals surface area contributed by atoms with Crippen molar-refractivity contribution in [2.24, 2.45) is 5.10 Å². The molecule has 0 saturated heterocycles. The normalized spacial score (nSPS) is 10.7. The minimum absolute atomic E-state index is 0.160. The quantitative estimate of drug-likeness (QED) is 0.486. The van der Waals surface area contributed by atoms with Crippen LogP contribution in [-0.2, 0) is 16.0 Å². The van der Waals surface area contributed by atoms with E-state index in [4.69, 9.17) is 9.84 Å². The number of phenolic OH excluding ortho intramolecular Hbond substituents is 1. The van der Waals surface area contributed by atoms with Crippen LogP contribution in [0.3, 0.4) is 0 Å². The number of aromatic hydroxyl groups is 1. The maximum Gasteiger partial charge on any atom is 0.311 e. The SMILES string of the molecule is CCOC(=O)Cc1csc(N/N=C\c2ccc(O)cc2)n1. The molecule has 2 rings (SSSR count). The number of anilines is 1. The zero-order valence-electron chi connectivity index (χ0n) is 11.4. The Hall–Kier alpha value is -2.41. The fraction of sp³-hybridized carbons (Fsp3) is 0.214. The molecule has 21 heavy (non-hydrogen) atoms. The van der Waals surface area contributed by atoms with Crippen LogP contribution in [0.15, 0.2) is 34.7 Å². The number of hydrogen-bond donors (Lipinski definition) is 2. The Kier molecular flexibility index (Phi) is 5.28. The summed E-state index contributed by atoms with van der Waals surface area (Å²) >= 11 is 1.36. The van der Waals surface area contributed by atoms with Crippen LogP contribution < -0.4 is 5.43 Å². The number of thiazole rings is 1. The summed E-state index contributed by atoms with van der Waals surface area (Å²) < 4.78 is 4.86. The molecule has 2 aromatic rings. The van der Waals surface area contributed by atoms with E-state index < -0.39 is 0 Å². The molecule has 7 heteroatoms. The number of carbonyl (C=O) groups is 1. The van der Waals surface area contributed by atoms with Gasteiger partial charge in [-0.15, -0.1) is 11.3 Å². The molecule has 0 aliphatic heterocycles. The molecular weight excluding hydrogens is 290 g/mol. The third-order valence-electron chi connectivity index (χ3n) is 2.45. The van der Waals surface area contributed by atoms with Crippen LogP contribution in [0, 0.1) is 0 Å². The molecule has 0 atom stereocenters. The second-order valence-corrected chi connectivity index (χ2v) is 4.95. The third kappa shape index (κ3) is 4.88. The lowest BCUT2D eigenvalue weighted by molar-refractivity contribution is -0.142. The number of phenols is 1. The van der Waals surface area contributed by atoms with Crippen molar-refractivity contribution in [1.82, 2.24) is 4.98 Å². The Morgan fingerprint density at radius 2 is 2.24 bits per heavy atom. The topological polar surface area (TPSA) is 83.8 Å². The Bertz CT molecular complexity index is 623. The first kappa shape index (κ1) is 15.0. The average molecular weight is 305 g/mol. The Labute approximate surface area is 126 Å². The van der Waals surface area contributed by atoms with Crippen molar-refractivity contribution < 1.29 is 14.6 Å². The zero-order valence-corrected chi connectivity index (χ0v) is 12.3. The maximum absolute atomic E-state index is 11.3. The maximum atomic E-state index is 11.3. The van der Waals surface area contributed by atoms with E-state index in [2.05, 4.69) is 15.5 Å². The lowest BCUT2D eigenvalue weighted by atomic mass is 10.2. The molecule has 0 radical (unpaired) electrons. The van der Waals surface area contributed by atoms with E-state index >= 15 is 0 Å². The van der Waals surface area contributed by atoms with Gasteiger partial charge in [-0.05, 0) is 36.8 Å². The van der Waals surface area contributed by atoms with Gasteiger partial charge in [-0.3, -0.25) is 10.2 Å². The van der Waals surface area contributed by atoms with Crippen LogP contribution in [-0.4, -0.2) is 28.9 Å². The van der Waals surface area contributed by atoms with Gasteiger partial charge in [-0.2, -0.15) is 5.10 Å². The van der Waals surface area contributed by atoms with Gasteiger partial charge in [0.25, 0.3) is 0 Å². The molecule has 2 N–H and O–H groups in total. The van der Waals surface area contributed by atoms with Crippen molar-refractivity contribution in [2.45, 2.75) is 13.3 Å². The van der Waals surface area contributed by atoms with Crippen LogP contribution >= 0.6 is 11.3 Å². The van der Waals surface area contributed by atoms with Crippen molar-refractivity contribution in [3.63, 3.8) is 0 Å². The first-order chi connectivity index (χ1) is 10.2. The average Bonchev–Trinajstić information content (AvgIpc) is 2.89. The van der Waals surface area contributed by atoms with Crippen molar-refractivity contribution in [1.29, 1.82) is 0 Å². The van der Waals surface area contributed by atoms with E-state index in [1.165, 1.54) is 11.3 Å². The van der Waals surface area contributed by atoms with Crippen LogP contribution in [0.25, 0.3) is 0 Å². The highest BCUT2D eigenvalue weighted by Gasteiger charge is 2.07. The Balaban J connectivity index is 1.87. The standard InChI is InChI=1S/C14H15N3O3S/c1-2-20-13(19)7-11-9-21-14(16-11)17-15-8-10-3-5-12(18)6-4-10/h3-6,8-9,18H,2,7H2,1H3,(H,16,17)/b15-8-. The largest absolute Gasteiger partial charge is 0.508 e. The van der Waals surface area contributed by atoms with E-state index in [9.17, 15) is 4.79 Å². The molecule has 0 unspecified atom stereocenters. The van der Waals surface area contributed by atoms with Crippen molar-refractivity contribution in [2.75, 3.05) is 12.0 Å². The number of hydrazone groups is 1. The smallest absolute Gasteiger partial charge is 0.311 e. The zero-order chi connectivity index (χ0) is 15.1. The van der Waals surface area contributed by atoms with Gasteiger partial charge in [0.05, 0.1) is 24.9 Å². The predicted molar refractivity (Wildman–Crippen MR) is 81.8 cm³/mol. The van der Waals surface area contributed by atoms with Gasteiger partial charge >= 0.3 is 5.97 Å². The molecule has 0 saturated carbocycles. The van der Waals surface area contributed by atoms with Gasteiger partial charge in [0, 0.05) is 5.38 Å². The highest BCUT2D eigenvalue weighted by atomic mass is 32.1. The number of nitrogens with one attached hydrogen (secondary N) is 1. The fourth-order valence-electron chi connectivity index (χ4n) is 1.52. The summed E-state index contributed by atoms with van der Waals surface area (Å²) in [6.07, 6.45) is 1.78. The summed E-state index contributed by atoms with van der Waals surface area (Å²) in [5.74, 6) is -0.0782. The van der Waals surface area contributed by atoms with Gasteiger partial charge in [0.15, 0.2) is 0 Å². The number of aromatic nitrogens is 1. The number of ether oxygens (including phenoxy) is 1. The minimum atomic E-state index is -0.290. The summed E-state index contributed by atoms with van der Waals surface area (Å²) in [4.78, 5) is 15.6. The molecule has 0 aliphatic carbocycles. The molecule has 0 amide bonds. The molecule has 1 aromatic carbocycles. The van der Waals surface area contributed by atoms with E-state index in [-0.39, 0.29) is 18.1 Å². The van der Waals surface area contributed by atoms with Crippen molar-refractivity contribution >= 4 is 28.7 Å². The van der Waals surface area contributed by atoms with Crippen LogP contribution in [0.2, 0.25) is 0 Å². The summed E-state index contributed by atoms with van der Waals surface area (Å²) in [6.45, 7) is 2.13. The Morgan fingerprint density at radius 3 is 2.95 bits per heavy atom. The highest BCUT2D eigenvalue weighted by molar-refractivity contribution is 7.13. The minimum Gasteiger partial charge on any atom is -0.508 e. The lowest BCUT2D eigenvalue weighted by Gasteiger charge is -1.98. The summed E-state index contributed by atoms with van der Waals surface area (Å²) in [5.41, 5.74) is 4.30. The second-order valence-electron chi connectivity index (χ2n) is 4.09. The van der Waals surface area contributed by atoms with Crippen molar-refractivity contribution in [3.8, 4) is 5.75 Å². The lowest BCUT2D eigenvalue weighted by Crippen LogP contribution is -2.07. The van der Waals surface area contributed by atoms with Gasteiger partial charge in [-0.1, -0.05) is 0 Å². The molecule has 0 fully saturated rings. The molecule has 6 nitrogen and oxygen atoms in total. The monoisotopic (exact) mass is 305 g/mol. The summed E-state index contributed by atoms with van der Waals surface area (Å²) in [7, 11) is 0. The first-order valence-corrected chi connectivity index (χ1v) is 7.23. The third-order valence-corrected chi connectivity index (χ3v) is 3.25. The van der Waals surface area contributed by atoms with E-state index in [0.29, 0.717) is 17.4 Å². The van der Waals surface area contributed by atoms with Crippen LogP contribution in [0.4, 0.5) is 5.13 Å². The summed E-state index contributed by atoms with van der Waals surface area (Å²) in [5, 5.41) is 15.6. The number of rotatable bonds is 6. The van der Waals surface area contributed by atoms with Crippen LogP contribution in [0.5, 0.6) is 5.75 Å². The highest BCUT2D eigenvalue weighted by Crippen LogP contribution is 2.16. The van der Waals surface area contributed by atoms with E-state index in [1.54, 1.807) is 42.8 Å². The fourth-order valence-corrected chi connectivity index (χ4v) is 2.18. The number of benzene rings is 1. The molecule has 110 valence electrons. The van der Waals surface area contributed by atoms with Gasteiger partial charge in [-0.25, -0.2) is 4.98 Å². The van der Waals surface area contributed by atoms with Gasteiger partial charge < -0.3 is 9.84 Å². The van der Waals surface area contributed by atoms with E-state index in [1.807, 2.05) is 0 Å². The molecule has 0 aliphatic rings. The van der Waals surface area contributed by atoms with Gasteiger partial charge in [0.1, 0.15) is 5.75 Å². The predicted octanol–water partition coefficient (Wildman–Crippen LogP) is 2.40. The Morgan fingerprint density at radius 1 is 1.48 bits per heavy atom. The number of esters is 1. The number of carbonyl (C=O) groups excluding carboxylic acids is 1. The molecular formula is C14H15N3O3S. The molecule has 0 bridgehead atoms. The number of hydrogen-bond acceptors (Lipinski definition) is 7. The molecule has 0 spiro atoms. The second kappa shape index (κ2) is 7.39. The van der Waals surface area contributed by atoms with Crippen LogP contribution in [0.1, 0.15) is 18.2 Å². The van der Waals surface area contributed by atoms with Crippen molar-refractivity contribution in [3.05, 3.63) is 40.9 Å². The number of nitrogens with zero attached hydrogens (tertiary/aromatic N) is 2. The first-order valence-electron chi connectivity index (χ1n) is 6.35. The molecule has 1 aromatic heterocycles. The summed E-state index contributed by atoms with van der Waals surface area (Å²) in [6, 6.07) is 6.66. The van der Waals surface area contributed by atoms with Gasteiger partial charge in [0.2, 0.25) is 5.13 Å². The van der Waals surface area contributed by atoms with E-state index in [0.717, 1.165) is 5.56 Å². The molecule has 1 heterocycles.